The second-order valence-electron chi connectivity index (χ2n) is 6.40. The monoisotopic (exact) mass is 291 g/mol. The van der Waals surface area contributed by atoms with Crippen molar-refractivity contribution in [1.82, 2.24) is 9.78 Å². The maximum Gasteiger partial charge on any atom is 0.0678 e. The van der Waals surface area contributed by atoms with E-state index < -0.39 is 0 Å². The summed E-state index contributed by atoms with van der Waals surface area (Å²) in [6, 6.07) is 8.47. The first-order valence-electron chi connectivity index (χ1n) is 6.86. The molecule has 1 aliphatic carbocycles. The molecule has 0 bridgehead atoms. The number of nitrogens with two attached hydrogens (primary N) is 1. The minimum absolute atomic E-state index is 0. The topological polar surface area (TPSA) is 43.8 Å². The van der Waals surface area contributed by atoms with Gasteiger partial charge in [0.2, 0.25) is 0 Å². The third kappa shape index (κ3) is 2.48. The lowest BCUT2D eigenvalue weighted by molar-refractivity contribution is 0.278. The number of halogens is 1. The van der Waals surface area contributed by atoms with Gasteiger partial charge >= 0.3 is 0 Å². The lowest BCUT2D eigenvalue weighted by Crippen LogP contribution is -2.30. The molecule has 1 aliphatic rings. The lowest BCUT2D eigenvalue weighted by Gasteiger charge is -2.33. The minimum Gasteiger partial charge on any atom is -0.324 e. The van der Waals surface area contributed by atoms with Gasteiger partial charge in [0.25, 0.3) is 0 Å². The predicted molar refractivity (Wildman–Crippen MR) is 84.6 cm³/mol. The van der Waals surface area contributed by atoms with Crippen LogP contribution < -0.4 is 5.73 Å². The zero-order valence-corrected chi connectivity index (χ0v) is 13.1. The van der Waals surface area contributed by atoms with Gasteiger partial charge in [-0.25, -0.2) is 4.68 Å². The Kier molecular flexibility index (Phi) is 3.94. The average molecular weight is 292 g/mol. The Balaban J connectivity index is 0.00000147. The van der Waals surface area contributed by atoms with Gasteiger partial charge in [0.1, 0.15) is 0 Å². The molecule has 0 fully saturated rings. The highest BCUT2D eigenvalue weighted by Gasteiger charge is 2.33. The molecule has 0 spiro atoms. The van der Waals surface area contributed by atoms with Gasteiger partial charge in [0.05, 0.1) is 11.9 Å². The summed E-state index contributed by atoms with van der Waals surface area (Å²) >= 11 is 0. The van der Waals surface area contributed by atoms with Gasteiger partial charge in [0.15, 0.2) is 0 Å². The van der Waals surface area contributed by atoms with E-state index in [1.807, 2.05) is 6.20 Å². The Morgan fingerprint density at radius 1 is 1.30 bits per heavy atom. The Morgan fingerprint density at radius 3 is 2.70 bits per heavy atom. The van der Waals surface area contributed by atoms with E-state index in [2.05, 4.69) is 54.8 Å². The van der Waals surface area contributed by atoms with Crippen molar-refractivity contribution in [2.75, 3.05) is 0 Å². The van der Waals surface area contributed by atoms with Gasteiger partial charge in [-0.2, -0.15) is 5.10 Å². The largest absolute Gasteiger partial charge is 0.324 e. The molecule has 1 heterocycles. The van der Waals surface area contributed by atoms with Crippen LogP contribution in [0.15, 0.2) is 30.5 Å². The maximum absolute atomic E-state index is 6.30. The van der Waals surface area contributed by atoms with Crippen molar-refractivity contribution >= 4 is 12.4 Å². The van der Waals surface area contributed by atoms with Gasteiger partial charge in [-0.05, 0) is 36.8 Å². The van der Waals surface area contributed by atoms with E-state index in [0.717, 1.165) is 18.5 Å². The number of aryl methyl sites for hydroxylation is 1. The molecular formula is C16H22ClN3. The van der Waals surface area contributed by atoms with Crippen molar-refractivity contribution in [2.45, 2.75) is 39.7 Å². The third-order valence-electron chi connectivity index (χ3n) is 4.06. The summed E-state index contributed by atoms with van der Waals surface area (Å²) in [6.45, 7) is 6.69. The Bertz CT molecular complexity index is 616. The molecule has 2 N–H and O–H groups in total. The molecule has 20 heavy (non-hydrogen) atoms. The second kappa shape index (κ2) is 5.23. The number of hydrogen-bond acceptors (Lipinski definition) is 2. The summed E-state index contributed by atoms with van der Waals surface area (Å²) in [7, 11) is 0. The van der Waals surface area contributed by atoms with E-state index in [1.54, 1.807) is 0 Å². The van der Waals surface area contributed by atoms with Crippen LogP contribution in [0.1, 0.15) is 43.1 Å². The highest BCUT2D eigenvalue weighted by Crippen LogP contribution is 2.40. The molecule has 3 nitrogen and oxygen atoms in total. The summed E-state index contributed by atoms with van der Waals surface area (Å²) in [5, 5.41) is 4.58. The Hall–Kier alpha value is -1.32. The van der Waals surface area contributed by atoms with Crippen LogP contribution in [0.3, 0.4) is 0 Å². The molecule has 1 aromatic carbocycles. The third-order valence-corrected chi connectivity index (χ3v) is 4.06. The second-order valence-corrected chi connectivity index (χ2v) is 6.40. The normalized spacial score (nSPS) is 20.1. The summed E-state index contributed by atoms with van der Waals surface area (Å²) in [4.78, 5) is 0. The molecule has 4 heteroatoms. The van der Waals surface area contributed by atoms with Crippen LogP contribution in [0.2, 0.25) is 0 Å². The van der Waals surface area contributed by atoms with Crippen LogP contribution in [0.4, 0.5) is 0 Å². The van der Waals surface area contributed by atoms with Crippen molar-refractivity contribution in [2.24, 2.45) is 11.1 Å². The van der Waals surface area contributed by atoms with Gasteiger partial charge in [-0.15, -0.1) is 12.4 Å². The van der Waals surface area contributed by atoms with Gasteiger partial charge < -0.3 is 5.73 Å². The van der Waals surface area contributed by atoms with E-state index in [9.17, 15) is 0 Å². The van der Waals surface area contributed by atoms with E-state index >= 15 is 0 Å². The van der Waals surface area contributed by atoms with Crippen molar-refractivity contribution in [3.63, 3.8) is 0 Å². The number of nitrogens with zero attached hydrogens (tertiary/aromatic N) is 2. The fourth-order valence-electron chi connectivity index (χ4n) is 3.11. The first-order chi connectivity index (χ1) is 8.98. The summed E-state index contributed by atoms with van der Waals surface area (Å²) in [5.74, 6) is 0. The molecule has 0 saturated heterocycles. The van der Waals surface area contributed by atoms with Crippen molar-refractivity contribution < 1.29 is 0 Å². The van der Waals surface area contributed by atoms with Crippen LogP contribution in [-0.2, 0) is 6.42 Å². The van der Waals surface area contributed by atoms with Crippen molar-refractivity contribution in [3.05, 3.63) is 47.3 Å². The van der Waals surface area contributed by atoms with Crippen LogP contribution in [0.5, 0.6) is 0 Å². The van der Waals surface area contributed by atoms with Crippen LogP contribution >= 0.6 is 12.4 Å². The van der Waals surface area contributed by atoms with Gasteiger partial charge in [0, 0.05) is 17.3 Å². The highest BCUT2D eigenvalue weighted by atomic mass is 35.5. The zero-order chi connectivity index (χ0) is 13.6. The maximum atomic E-state index is 6.30. The Morgan fingerprint density at radius 2 is 2.00 bits per heavy atom. The molecular weight excluding hydrogens is 270 g/mol. The highest BCUT2D eigenvalue weighted by molar-refractivity contribution is 5.85. The van der Waals surface area contributed by atoms with Crippen molar-refractivity contribution in [3.8, 4) is 5.69 Å². The molecule has 108 valence electrons. The van der Waals surface area contributed by atoms with E-state index in [1.165, 1.54) is 16.8 Å². The summed E-state index contributed by atoms with van der Waals surface area (Å²) in [6.07, 6.45) is 4.01. The van der Waals surface area contributed by atoms with Gasteiger partial charge in [-0.3, -0.25) is 0 Å². The predicted octanol–water partition coefficient (Wildman–Crippen LogP) is 3.57. The summed E-state index contributed by atoms with van der Waals surface area (Å²) < 4.78 is 2.07. The first kappa shape index (κ1) is 15.1. The molecule has 0 saturated carbocycles. The fourth-order valence-corrected chi connectivity index (χ4v) is 3.11. The molecule has 1 atom stereocenters. The number of para-hydroxylation sites is 1. The average Bonchev–Trinajstić information content (AvgIpc) is 2.72. The van der Waals surface area contributed by atoms with Gasteiger partial charge in [-0.1, -0.05) is 32.0 Å². The first-order valence-corrected chi connectivity index (χ1v) is 6.86. The Labute approximate surface area is 126 Å². The smallest absolute Gasteiger partial charge is 0.0678 e. The number of benzene rings is 1. The quantitative estimate of drug-likeness (QED) is 0.873. The van der Waals surface area contributed by atoms with E-state index in [0.29, 0.717) is 0 Å². The number of hydrogen-bond donors (Lipinski definition) is 1. The number of rotatable bonds is 1. The SMILES string of the molecule is Cc1ccccc1-n1ncc2c1CC(C)(C)CC2N.Cl. The minimum atomic E-state index is 0. The fraction of sp³-hybridized carbons (Fsp3) is 0.438. The standard InChI is InChI=1S/C16H21N3.ClH/c1-11-6-4-5-7-14(11)19-15-9-16(2,3)8-13(17)12(15)10-18-19;/h4-7,10,13H,8-9,17H2,1-3H3;1H. The summed E-state index contributed by atoms with van der Waals surface area (Å²) in [5.41, 5.74) is 11.4. The van der Waals surface area contributed by atoms with E-state index in [-0.39, 0.29) is 23.9 Å². The van der Waals surface area contributed by atoms with Crippen LogP contribution in [0, 0.1) is 12.3 Å². The molecule has 0 radical (unpaired) electrons. The molecule has 1 unspecified atom stereocenters. The molecule has 3 rings (SSSR count). The number of aromatic nitrogens is 2. The van der Waals surface area contributed by atoms with E-state index in [4.69, 9.17) is 5.73 Å². The molecule has 0 aliphatic heterocycles. The number of fused-ring (bicyclic) bond motifs is 1. The molecule has 1 aromatic heterocycles. The molecule has 0 amide bonds. The zero-order valence-electron chi connectivity index (χ0n) is 12.3. The van der Waals surface area contributed by atoms with Crippen LogP contribution in [0.25, 0.3) is 5.69 Å². The lowest BCUT2D eigenvalue weighted by atomic mass is 9.74. The molecule has 2 aromatic rings. The van der Waals surface area contributed by atoms with Crippen LogP contribution in [-0.4, -0.2) is 9.78 Å². The van der Waals surface area contributed by atoms with Crippen molar-refractivity contribution in [1.29, 1.82) is 0 Å².